The van der Waals surface area contributed by atoms with Gasteiger partial charge in [-0.25, -0.2) is 0 Å². The number of Topliss-reactive ketones (excluding diaryl/α,β-unsaturated/α-hetero) is 1. The van der Waals surface area contributed by atoms with Gasteiger partial charge in [0.25, 0.3) is 0 Å². The second-order valence-electron chi connectivity index (χ2n) is 5.42. The zero-order valence-electron chi connectivity index (χ0n) is 11.3. The third kappa shape index (κ3) is 2.66. The molecule has 19 heavy (non-hydrogen) atoms. The second-order valence-corrected chi connectivity index (χ2v) is 7.02. The van der Waals surface area contributed by atoms with Crippen molar-refractivity contribution >= 4 is 17.5 Å². The minimum Gasteiger partial charge on any atom is -0.493 e. The Hall–Kier alpha value is -0.960. The molecule has 3 heteroatoms. The Kier molecular flexibility index (Phi) is 3.83. The Bertz CT molecular complexity index is 460. The molecule has 2 heterocycles. The van der Waals surface area contributed by atoms with E-state index in [0.717, 1.165) is 24.2 Å². The summed E-state index contributed by atoms with van der Waals surface area (Å²) in [5.74, 6) is 1.25. The molecule has 0 spiro atoms. The van der Waals surface area contributed by atoms with Crippen LogP contribution in [-0.4, -0.2) is 22.9 Å². The highest BCUT2D eigenvalue weighted by Gasteiger charge is 2.38. The Labute approximate surface area is 118 Å². The summed E-state index contributed by atoms with van der Waals surface area (Å²) in [7, 11) is 0. The van der Waals surface area contributed by atoms with Crippen LogP contribution in [-0.2, 0) is 0 Å². The van der Waals surface area contributed by atoms with E-state index >= 15 is 0 Å². The van der Waals surface area contributed by atoms with E-state index < -0.39 is 0 Å². The van der Waals surface area contributed by atoms with Gasteiger partial charge in [0.15, 0.2) is 5.78 Å². The van der Waals surface area contributed by atoms with Crippen LogP contribution >= 0.6 is 11.8 Å². The molecule has 2 aliphatic heterocycles. The Morgan fingerprint density at radius 1 is 1.26 bits per heavy atom. The largest absolute Gasteiger partial charge is 0.493 e. The Morgan fingerprint density at radius 2 is 1.95 bits per heavy atom. The molecular weight excluding hydrogens is 256 g/mol. The molecule has 1 aromatic carbocycles. The van der Waals surface area contributed by atoms with Gasteiger partial charge in [-0.05, 0) is 44.7 Å². The van der Waals surface area contributed by atoms with Gasteiger partial charge in [-0.3, -0.25) is 4.79 Å². The predicted molar refractivity (Wildman–Crippen MR) is 79.1 cm³/mol. The van der Waals surface area contributed by atoms with E-state index in [2.05, 4.69) is 11.8 Å². The van der Waals surface area contributed by atoms with Gasteiger partial charge in [0.05, 0.1) is 12.2 Å². The lowest BCUT2D eigenvalue weighted by atomic mass is 9.90. The molecule has 0 aromatic heterocycles. The van der Waals surface area contributed by atoms with Gasteiger partial charge in [-0.15, -0.1) is 0 Å². The summed E-state index contributed by atoms with van der Waals surface area (Å²) in [6.45, 7) is 2.56. The predicted octanol–water partition coefficient (Wildman–Crippen LogP) is 3.94. The number of benzene rings is 1. The van der Waals surface area contributed by atoms with Gasteiger partial charge in [-0.2, -0.15) is 11.8 Å². The number of fused-ring (bicyclic) bond motifs is 2. The van der Waals surface area contributed by atoms with Crippen molar-refractivity contribution in [2.75, 3.05) is 6.61 Å². The van der Waals surface area contributed by atoms with Gasteiger partial charge in [0, 0.05) is 16.4 Å². The van der Waals surface area contributed by atoms with Crippen LogP contribution in [0, 0.1) is 5.92 Å². The number of carbonyl (C=O) groups excluding carboxylic acids is 1. The molecule has 0 saturated carbocycles. The molecule has 0 radical (unpaired) electrons. The van der Waals surface area contributed by atoms with Crippen molar-refractivity contribution in [1.29, 1.82) is 0 Å². The van der Waals surface area contributed by atoms with Crippen LogP contribution in [0.1, 0.15) is 43.0 Å². The number of thioether (sulfide) groups is 1. The van der Waals surface area contributed by atoms with Gasteiger partial charge >= 0.3 is 0 Å². The molecule has 0 amide bonds. The summed E-state index contributed by atoms with van der Waals surface area (Å²) in [6.07, 6.45) is 4.71. The first-order valence-corrected chi connectivity index (χ1v) is 8.13. The zero-order chi connectivity index (χ0) is 13.2. The highest BCUT2D eigenvalue weighted by Crippen LogP contribution is 2.46. The standard InChI is InChI=1S/C16H20O2S/c1-2-18-15-6-4-3-5-14(15)16(17)11-9-12-7-8-13(10-11)19-12/h3-6,11-13H,2,7-10H2,1H3. The fourth-order valence-electron chi connectivity index (χ4n) is 3.24. The molecule has 2 nitrogen and oxygen atoms in total. The smallest absolute Gasteiger partial charge is 0.169 e. The van der Waals surface area contributed by atoms with Crippen molar-refractivity contribution in [3.8, 4) is 5.75 Å². The molecule has 2 atom stereocenters. The molecule has 2 bridgehead atoms. The van der Waals surface area contributed by atoms with Gasteiger partial charge in [0.1, 0.15) is 5.75 Å². The maximum Gasteiger partial charge on any atom is 0.169 e. The topological polar surface area (TPSA) is 26.3 Å². The Morgan fingerprint density at radius 3 is 2.63 bits per heavy atom. The molecule has 2 saturated heterocycles. The van der Waals surface area contributed by atoms with Gasteiger partial charge in [0.2, 0.25) is 0 Å². The van der Waals surface area contributed by atoms with E-state index in [1.54, 1.807) is 0 Å². The normalized spacial score (nSPS) is 29.2. The number of hydrogen-bond donors (Lipinski definition) is 0. The molecule has 0 N–H and O–H groups in total. The summed E-state index contributed by atoms with van der Waals surface area (Å²) < 4.78 is 5.59. The molecule has 1 aromatic rings. The van der Waals surface area contributed by atoms with Crippen molar-refractivity contribution in [1.82, 2.24) is 0 Å². The number of hydrogen-bond acceptors (Lipinski definition) is 3. The number of para-hydroxylation sites is 1. The van der Waals surface area contributed by atoms with E-state index in [-0.39, 0.29) is 5.92 Å². The first kappa shape index (κ1) is 13.0. The molecule has 0 aliphatic carbocycles. The van der Waals surface area contributed by atoms with Crippen LogP contribution in [0.25, 0.3) is 0 Å². The van der Waals surface area contributed by atoms with E-state index in [1.165, 1.54) is 12.8 Å². The van der Waals surface area contributed by atoms with Crippen molar-refractivity contribution in [3.05, 3.63) is 29.8 Å². The molecule has 2 unspecified atom stereocenters. The average molecular weight is 276 g/mol. The lowest BCUT2D eigenvalue weighted by Crippen LogP contribution is -2.25. The van der Waals surface area contributed by atoms with E-state index in [0.29, 0.717) is 22.9 Å². The third-order valence-corrected chi connectivity index (χ3v) is 5.74. The van der Waals surface area contributed by atoms with Crippen LogP contribution in [0.15, 0.2) is 24.3 Å². The monoisotopic (exact) mass is 276 g/mol. The molecular formula is C16H20O2S. The number of rotatable bonds is 4. The van der Waals surface area contributed by atoms with E-state index in [4.69, 9.17) is 4.74 Å². The third-order valence-electron chi connectivity index (χ3n) is 4.11. The minimum absolute atomic E-state index is 0.209. The summed E-state index contributed by atoms with van der Waals surface area (Å²) in [6, 6.07) is 7.68. The molecule has 2 aliphatic rings. The highest BCUT2D eigenvalue weighted by molar-refractivity contribution is 8.00. The Balaban J connectivity index is 1.80. The van der Waals surface area contributed by atoms with E-state index in [1.807, 2.05) is 31.2 Å². The minimum atomic E-state index is 0.209. The maximum absolute atomic E-state index is 12.7. The first-order valence-electron chi connectivity index (χ1n) is 7.19. The zero-order valence-corrected chi connectivity index (χ0v) is 12.1. The van der Waals surface area contributed by atoms with Crippen LogP contribution in [0.3, 0.4) is 0 Å². The fraction of sp³-hybridized carbons (Fsp3) is 0.562. The quantitative estimate of drug-likeness (QED) is 0.779. The van der Waals surface area contributed by atoms with Crippen molar-refractivity contribution < 1.29 is 9.53 Å². The number of ketones is 1. The molecule has 2 fully saturated rings. The number of ether oxygens (including phenoxy) is 1. The maximum atomic E-state index is 12.7. The van der Waals surface area contributed by atoms with Gasteiger partial charge in [-0.1, -0.05) is 12.1 Å². The van der Waals surface area contributed by atoms with E-state index in [9.17, 15) is 4.79 Å². The lowest BCUT2D eigenvalue weighted by molar-refractivity contribution is 0.0903. The SMILES string of the molecule is CCOc1ccccc1C(=O)C1CC2CCC(C1)S2. The summed E-state index contributed by atoms with van der Waals surface area (Å²) >= 11 is 2.10. The van der Waals surface area contributed by atoms with Crippen LogP contribution < -0.4 is 4.74 Å². The van der Waals surface area contributed by atoms with Crippen LogP contribution in [0.2, 0.25) is 0 Å². The molecule has 3 rings (SSSR count). The first-order chi connectivity index (χ1) is 9.28. The molecule has 102 valence electrons. The summed E-state index contributed by atoms with van der Waals surface area (Å²) in [5.41, 5.74) is 0.778. The van der Waals surface area contributed by atoms with Crippen molar-refractivity contribution in [2.24, 2.45) is 5.92 Å². The average Bonchev–Trinajstić information content (AvgIpc) is 2.78. The second kappa shape index (κ2) is 5.58. The lowest BCUT2D eigenvalue weighted by Gasteiger charge is -2.26. The van der Waals surface area contributed by atoms with Crippen molar-refractivity contribution in [3.63, 3.8) is 0 Å². The van der Waals surface area contributed by atoms with Gasteiger partial charge < -0.3 is 4.74 Å². The number of carbonyl (C=O) groups is 1. The fourth-order valence-corrected chi connectivity index (χ4v) is 5.02. The van der Waals surface area contributed by atoms with Crippen LogP contribution in [0.5, 0.6) is 5.75 Å². The van der Waals surface area contributed by atoms with Crippen molar-refractivity contribution in [2.45, 2.75) is 43.1 Å². The van der Waals surface area contributed by atoms with Crippen LogP contribution in [0.4, 0.5) is 0 Å². The highest BCUT2D eigenvalue weighted by atomic mass is 32.2. The summed E-state index contributed by atoms with van der Waals surface area (Å²) in [4.78, 5) is 12.7. The summed E-state index contributed by atoms with van der Waals surface area (Å²) in [5, 5.41) is 1.43.